The lowest BCUT2D eigenvalue weighted by atomic mass is 10.1. The van der Waals surface area contributed by atoms with Crippen LogP contribution in [0.25, 0.3) is 10.9 Å². The Hall–Kier alpha value is -1.56. The molecule has 1 amide bonds. The van der Waals surface area contributed by atoms with Gasteiger partial charge in [0.1, 0.15) is 0 Å². The summed E-state index contributed by atoms with van der Waals surface area (Å²) in [5.41, 5.74) is 2.17. The van der Waals surface area contributed by atoms with Gasteiger partial charge in [-0.25, -0.2) is 0 Å². The van der Waals surface area contributed by atoms with E-state index < -0.39 is 6.10 Å². The Balaban J connectivity index is 1.57. The van der Waals surface area contributed by atoms with Gasteiger partial charge in [-0.05, 0) is 36.6 Å². The van der Waals surface area contributed by atoms with Crippen LogP contribution in [0, 0.1) is 0 Å². The van der Waals surface area contributed by atoms with Crippen LogP contribution in [0.2, 0.25) is 5.02 Å². The maximum Gasteiger partial charge on any atom is 0.237 e. The number of aliphatic hydroxyl groups excluding tert-OH is 1. The number of aromatic nitrogens is 1. The average Bonchev–Trinajstić information content (AvgIpc) is 3.05. The third-order valence-corrected chi connectivity index (χ3v) is 4.08. The predicted molar refractivity (Wildman–Crippen MR) is 82.4 cm³/mol. The van der Waals surface area contributed by atoms with E-state index in [0.717, 1.165) is 22.9 Å². The molecular formula is C15H18ClN3O2. The van der Waals surface area contributed by atoms with E-state index in [9.17, 15) is 9.90 Å². The van der Waals surface area contributed by atoms with Gasteiger partial charge in [-0.15, -0.1) is 0 Å². The highest BCUT2D eigenvalue weighted by molar-refractivity contribution is 6.31. The first-order valence-electron chi connectivity index (χ1n) is 7.08. The van der Waals surface area contributed by atoms with E-state index in [4.69, 9.17) is 11.6 Å². The van der Waals surface area contributed by atoms with Gasteiger partial charge in [0, 0.05) is 35.2 Å². The van der Waals surface area contributed by atoms with Gasteiger partial charge in [-0.1, -0.05) is 11.6 Å². The van der Waals surface area contributed by atoms with E-state index in [-0.39, 0.29) is 11.9 Å². The minimum Gasteiger partial charge on any atom is -0.392 e. The molecular weight excluding hydrogens is 290 g/mol. The monoisotopic (exact) mass is 307 g/mol. The van der Waals surface area contributed by atoms with Gasteiger partial charge in [0.15, 0.2) is 0 Å². The van der Waals surface area contributed by atoms with Gasteiger partial charge in [-0.3, -0.25) is 4.79 Å². The molecule has 112 valence electrons. The van der Waals surface area contributed by atoms with Crippen molar-refractivity contribution in [3.05, 3.63) is 35.0 Å². The Morgan fingerprint density at radius 2 is 2.33 bits per heavy atom. The van der Waals surface area contributed by atoms with Crippen LogP contribution in [0.1, 0.15) is 12.0 Å². The highest BCUT2D eigenvalue weighted by atomic mass is 35.5. The summed E-state index contributed by atoms with van der Waals surface area (Å²) < 4.78 is 0. The Kier molecular flexibility index (Phi) is 4.14. The molecule has 6 heteroatoms. The van der Waals surface area contributed by atoms with Crippen molar-refractivity contribution in [1.29, 1.82) is 0 Å². The molecule has 0 saturated carbocycles. The molecule has 1 aromatic carbocycles. The zero-order valence-electron chi connectivity index (χ0n) is 11.5. The van der Waals surface area contributed by atoms with Crippen LogP contribution < -0.4 is 10.6 Å². The van der Waals surface area contributed by atoms with E-state index in [2.05, 4.69) is 15.6 Å². The number of carbonyl (C=O) groups is 1. The van der Waals surface area contributed by atoms with Crippen molar-refractivity contribution >= 4 is 28.4 Å². The molecule has 3 rings (SSSR count). The summed E-state index contributed by atoms with van der Waals surface area (Å²) in [4.78, 5) is 15.1. The molecule has 0 unspecified atom stereocenters. The minimum absolute atomic E-state index is 0.0515. The summed E-state index contributed by atoms with van der Waals surface area (Å²) in [6.45, 7) is 1.05. The van der Waals surface area contributed by atoms with E-state index >= 15 is 0 Å². The topological polar surface area (TPSA) is 77.2 Å². The highest BCUT2D eigenvalue weighted by Crippen LogP contribution is 2.22. The van der Waals surface area contributed by atoms with Gasteiger partial charge in [0.05, 0.1) is 12.1 Å². The maximum absolute atomic E-state index is 11.9. The van der Waals surface area contributed by atoms with Gasteiger partial charge in [-0.2, -0.15) is 0 Å². The second-order valence-corrected chi connectivity index (χ2v) is 5.83. The number of aliphatic hydroxyl groups is 1. The lowest BCUT2D eigenvalue weighted by Crippen LogP contribution is -2.41. The zero-order valence-corrected chi connectivity index (χ0v) is 12.3. The molecule has 2 heterocycles. The molecule has 0 bridgehead atoms. The van der Waals surface area contributed by atoms with Crippen LogP contribution in [0.4, 0.5) is 0 Å². The van der Waals surface area contributed by atoms with Crippen molar-refractivity contribution < 1.29 is 9.90 Å². The molecule has 2 aromatic rings. The number of halogens is 1. The molecule has 1 saturated heterocycles. The van der Waals surface area contributed by atoms with Gasteiger partial charge in [0.2, 0.25) is 5.91 Å². The molecule has 0 radical (unpaired) electrons. The van der Waals surface area contributed by atoms with Gasteiger partial charge in [0.25, 0.3) is 0 Å². The van der Waals surface area contributed by atoms with E-state index in [1.165, 1.54) is 0 Å². The zero-order chi connectivity index (χ0) is 14.8. The molecule has 21 heavy (non-hydrogen) atoms. The molecule has 5 nitrogen and oxygen atoms in total. The Morgan fingerprint density at radius 3 is 3.10 bits per heavy atom. The Bertz CT molecular complexity index is 655. The first-order valence-corrected chi connectivity index (χ1v) is 7.46. The number of fused-ring (bicyclic) bond motifs is 1. The summed E-state index contributed by atoms with van der Waals surface area (Å²) in [5.74, 6) is -0.0515. The fraction of sp³-hybridized carbons (Fsp3) is 0.400. The number of hydrogen-bond acceptors (Lipinski definition) is 3. The Morgan fingerprint density at radius 1 is 1.48 bits per heavy atom. The fourth-order valence-corrected chi connectivity index (χ4v) is 2.89. The second kappa shape index (κ2) is 6.05. The number of hydrogen-bond donors (Lipinski definition) is 4. The molecule has 0 aliphatic carbocycles. The molecule has 4 N–H and O–H groups in total. The van der Waals surface area contributed by atoms with Crippen LogP contribution >= 0.6 is 11.6 Å². The largest absolute Gasteiger partial charge is 0.392 e. The number of rotatable bonds is 4. The third-order valence-electron chi connectivity index (χ3n) is 3.85. The number of nitrogens with one attached hydrogen (secondary N) is 3. The van der Waals surface area contributed by atoms with Crippen LogP contribution in [0.15, 0.2) is 24.4 Å². The standard InChI is InChI=1S/C15H18ClN3O2/c16-10-1-2-13-12(5-10)9(7-18-13)3-4-17-15(21)14-6-11(20)8-19-14/h1-2,5,7,11,14,18-20H,3-4,6,8H2,(H,17,21)/t11-,14-/m0/s1. The lowest BCUT2D eigenvalue weighted by molar-refractivity contribution is -0.122. The lowest BCUT2D eigenvalue weighted by Gasteiger charge is -2.10. The smallest absolute Gasteiger partial charge is 0.237 e. The van der Waals surface area contributed by atoms with E-state index in [1.54, 1.807) is 0 Å². The summed E-state index contributed by atoms with van der Waals surface area (Å²) in [6, 6.07) is 5.45. The average molecular weight is 308 g/mol. The number of β-amino-alcohol motifs (C(OH)–C–C–N with tert-alkyl or cyclic N) is 1. The summed E-state index contributed by atoms with van der Waals surface area (Å²) in [5, 5.41) is 17.1. The molecule has 1 aromatic heterocycles. The molecule has 1 fully saturated rings. The number of H-pyrrole nitrogens is 1. The first kappa shape index (κ1) is 14.4. The van der Waals surface area contributed by atoms with Crippen molar-refractivity contribution in [3.63, 3.8) is 0 Å². The van der Waals surface area contributed by atoms with E-state index in [0.29, 0.717) is 24.5 Å². The maximum atomic E-state index is 11.9. The molecule has 0 spiro atoms. The molecule has 1 aliphatic rings. The Labute approximate surface area is 127 Å². The minimum atomic E-state index is -0.420. The number of amides is 1. The second-order valence-electron chi connectivity index (χ2n) is 5.40. The quantitative estimate of drug-likeness (QED) is 0.685. The number of benzene rings is 1. The third kappa shape index (κ3) is 3.20. The van der Waals surface area contributed by atoms with Gasteiger partial charge >= 0.3 is 0 Å². The summed E-state index contributed by atoms with van der Waals surface area (Å²) in [7, 11) is 0. The van der Waals surface area contributed by atoms with Crippen molar-refractivity contribution in [2.75, 3.05) is 13.1 Å². The number of carbonyl (C=O) groups excluding carboxylic acids is 1. The first-order chi connectivity index (χ1) is 10.1. The van der Waals surface area contributed by atoms with Crippen molar-refractivity contribution in [1.82, 2.24) is 15.6 Å². The molecule has 1 aliphatic heterocycles. The highest BCUT2D eigenvalue weighted by Gasteiger charge is 2.27. The summed E-state index contributed by atoms with van der Waals surface area (Å²) >= 11 is 6.02. The van der Waals surface area contributed by atoms with Gasteiger partial charge < -0.3 is 20.7 Å². The SMILES string of the molecule is O=C(NCCc1c[nH]c2ccc(Cl)cc12)[C@@H]1C[C@H](O)CN1. The van der Waals surface area contributed by atoms with Crippen LogP contribution in [0.5, 0.6) is 0 Å². The van der Waals surface area contributed by atoms with Crippen LogP contribution in [0.3, 0.4) is 0 Å². The van der Waals surface area contributed by atoms with Crippen molar-refractivity contribution in [2.45, 2.75) is 25.0 Å². The van der Waals surface area contributed by atoms with Crippen LogP contribution in [-0.2, 0) is 11.2 Å². The molecule has 2 atom stereocenters. The predicted octanol–water partition coefficient (Wildman–Crippen LogP) is 1.20. The van der Waals surface area contributed by atoms with E-state index in [1.807, 2.05) is 24.4 Å². The summed E-state index contributed by atoms with van der Waals surface area (Å²) in [6.07, 6.45) is 2.75. The van der Waals surface area contributed by atoms with Crippen molar-refractivity contribution in [3.8, 4) is 0 Å². The normalized spacial score (nSPS) is 21.8. The fourth-order valence-electron chi connectivity index (χ4n) is 2.72. The van der Waals surface area contributed by atoms with Crippen LogP contribution in [-0.4, -0.2) is 41.2 Å². The van der Waals surface area contributed by atoms with Crippen molar-refractivity contribution in [2.24, 2.45) is 0 Å². The number of aromatic amines is 1.